The van der Waals surface area contributed by atoms with E-state index in [4.69, 9.17) is 15.8 Å². The monoisotopic (exact) mass is 350 g/mol. The Morgan fingerprint density at radius 2 is 1.61 bits per heavy atom. The van der Waals surface area contributed by atoms with E-state index in [2.05, 4.69) is 53.7 Å². The average Bonchev–Trinajstić information content (AvgIpc) is 2.44. The summed E-state index contributed by atoms with van der Waals surface area (Å²) in [5.74, 6) is 1.05. The maximum Gasteiger partial charge on any atom is 0.211 e. The minimum absolute atomic E-state index is 0.0468. The first-order valence-electron chi connectivity index (χ1n) is 8.64. The predicted molar refractivity (Wildman–Crippen MR) is 103 cm³/mol. The second-order valence-corrected chi connectivity index (χ2v) is 11.0. The van der Waals surface area contributed by atoms with Crippen molar-refractivity contribution in [2.24, 2.45) is 0 Å². The van der Waals surface area contributed by atoms with Crippen LogP contribution in [0.1, 0.15) is 83.9 Å². The lowest BCUT2D eigenvalue weighted by atomic mass is 9.77. The Bertz CT molecular complexity index is 661. The first-order chi connectivity index (χ1) is 10.6. The van der Waals surface area contributed by atoms with Crippen LogP contribution in [0.5, 0.6) is 5.75 Å². The molecule has 1 aliphatic heterocycles. The zero-order valence-electron chi connectivity index (χ0n) is 15.2. The Hall–Kier alpha value is -0.520. The summed E-state index contributed by atoms with van der Waals surface area (Å²) in [4.78, 5) is 0. The van der Waals surface area contributed by atoms with E-state index in [-0.39, 0.29) is 10.8 Å². The van der Waals surface area contributed by atoms with Crippen LogP contribution in [0.3, 0.4) is 0 Å². The summed E-state index contributed by atoms with van der Waals surface area (Å²) in [6.07, 6.45) is 4.76. The van der Waals surface area contributed by atoms with Gasteiger partial charge in [0.25, 0.3) is 0 Å². The van der Waals surface area contributed by atoms with Crippen molar-refractivity contribution in [2.45, 2.75) is 78.1 Å². The molecule has 1 aromatic carbocycles. The van der Waals surface area contributed by atoms with E-state index in [0.29, 0.717) is 0 Å². The Balaban J connectivity index is 2.29. The third kappa shape index (κ3) is 3.20. The first-order valence-corrected chi connectivity index (χ1v) is 10.8. The molecular formula is C20H28ClOP. The first kappa shape index (κ1) is 17.3. The smallest absolute Gasteiger partial charge is 0.211 e. The zero-order chi connectivity index (χ0) is 17.0. The highest BCUT2D eigenvalue weighted by atomic mass is 35.7. The molecule has 2 aliphatic rings. The molecule has 3 heteroatoms. The lowest BCUT2D eigenvalue weighted by Crippen LogP contribution is -2.20. The van der Waals surface area contributed by atoms with Gasteiger partial charge in [0.1, 0.15) is 5.75 Å². The molecule has 1 heterocycles. The minimum Gasteiger partial charge on any atom is -0.453 e. The lowest BCUT2D eigenvalue weighted by molar-refractivity contribution is 0.526. The molecule has 0 N–H and O–H groups in total. The summed E-state index contributed by atoms with van der Waals surface area (Å²) >= 11 is 6.65. The highest BCUT2D eigenvalue weighted by Crippen LogP contribution is 2.63. The fourth-order valence-corrected chi connectivity index (χ4v) is 5.46. The Labute approximate surface area is 147 Å². The number of halogens is 1. The van der Waals surface area contributed by atoms with E-state index in [9.17, 15) is 0 Å². The van der Waals surface area contributed by atoms with Gasteiger partial charge in [-0.1, -0.05) is 47.6 Å². The second-order valence-electron chi connectivity index (χ2n) is 8.87. The molecule has 0 radical (unpaired) electrons. The highest BCUT2D eigenvalue weighted by Gasteiger charge is 2.35. The van der Waals surface area contributed by atoms with Crippen LogP contribution in [0.15, 0.2) is 17.4 Å². The fourth-order valence-electron chi connectivity index (χ4n) is 3.45. The summed E-state index contributed by atoms with van der Waals surface area (Å²) in [6.45, 7) is 13.7. The topological polar surface area (TPSA) is 9.23 Å². The lowest BCUT2D eigenvalue weighted by Gasteiger charge is -2.35. The maximum absolute atomic E-state index is 6.65. The molecule has 3 rings (SSSR count). The minimum atomic E-state index is -0.985. The van der Waals surface area contributed by atoms with Gasteiger partial charge in [0, 0.05) is 16.4 Å². The zero-order valence-corrected chi connectivity index (χ0v) is 16.9. The van der Waals surface area contributed by atoms with Crippen molar-refractivity contribution in [2.75, 3.05) is 0 Å². The van der Waals surface area contributed by atoms with E-state index in [0.717, 1.165) is 18.6 Å². The van der Waals surface area contributed by atoms with Crippen LogP contribution < -0.4 is 4.52 Å². The average molecular weight is 351 g/mol. The molecule has 23 heavy (non-hydrogen) atoms. The molecule has 1 aliphatic carbocycles. The van der Waals surface area contributed by atoms with Gasteiger partial charge in [-0.05, 0) is 65.0 Å². The van der Waals surface area contributed by atoms with Gasteiger partial charge in [-0.25, -0.2) is 0 Å². The molecule has 0 saturated carbocycles. The van der Waals surface area contributed by atoms with E-state index in [1.54, 1.807) is 0 Å². The number of fused-ring (bicyclic) bond motifs is 2. The molecule has 126 valence electrons. The van der Waals surface area contributed by atoms with Gasteiger partial charge >= 0.3 is 0 Å². The molecule has 1 nitrogen and oxygen atoms in total. The third-order valence-corrected chi connectivity index (χ3v) is 6.99. The molecule has 0 amide bonds. The van der Waals surface area contributed by atoms with Gasteiger partial charge in [0.05, 0.1) is 0 Å². The van der Waals surface area contributed by atoms with E-state index in [1.807, 2.05) is 0 Å². The summed E-state index contributed by atoms with van der Waals surface area (Å²) in [5, 5.41) is 1.38. The van der Waals surface area contributed by atoms with Crippen molar-refractivity contribution in [3.63, 3.8) is 0 Å². The van der Waals surface area contributed by atoms with Gasteiger partial charge in [-0.3, -0.25) is 0 Å². The molecule has 1 aromatic rings. The molecule has 0 saturated heterocycles. The standard InChI is InChI=1S/C20H28ClOP/c1-19(2,3)13-11-15-14-9-7-8-10-17(14)23(21)22-18(15)16(12-13)20(4,5)6/h11-12H,7-10H2,1-6H3. The van der Waals surface area contributed by atoms with Crippen molar-refractivity contribution < 1.29 is 4.52 Å². The van der Waals surface area contributed by atoms with Crippen molar-refractivity contribution >= 4 is 24.3 Å². The normalized spacial score (nSPS) is 21.6. The van der Waals surface area contributed by atoms with Crippen LogP contribution in [0.2, 0.25) is 0 Å². The Kier molecular flexibility index (Phi) is 4.35. The number of hydrogen-bond acceptors (Lipinski definition) is 1. The number of hydrogen-bond donors (Lipinski definition) is 0. The van der Waals surface area contributed by atoms with Gasteiger partial charge in [0.2, 0.25) is 7.50 Å². The Morgan fingerprint density at radius 3 is 2.22 bits per heavy atom. The van der Waals surface area contributed by atoms with E-state index >= 15 is 0 Å². The predicted octanol–water partition coefficient (Wildman–Crippen LogP) is 7.51. The molecular weight excluding hydrogens is 323 g/mol. The molecule has 0 spiro atoms. The SMILES string of the molecule is CC(C)(C)c1cc2c(c(C(C)(C)C)c1)OP(Cl)C1=C2CCCC1. The fraction of sp³-hybridized carbons (Fsp3) is 0.600. The molecule has 1 unspecified atom stereocenters. The second kappa shape index (κ2) is 5.78. The quantitative estimate of drug-likeness (QED) is 0.440. The van der Waals surface area contributed by atoms with Gasteiger partial charge < -0.3 is 4.52 Å². The summed E-state index contributed by atoms with van der Waals surface area (Å²) in [6, 6.07) is 4.71. The van der Waals surface area contributed by atoms with Crippen LogP contribution in [0.25, 0.3) is 5.57 Å². The number of allylic oxidation sites excluding steroid dienone is 2. The number of rotatable bonds is 0. The van der Waals surface area contributed by atoms with Crippen LogP contribution in [-0.2, 0) is 10.8 Å². The van der Waals surface area contributed by atoms with E-state index in [1.165, 1.54) is 40.4 Å². The third-order valence-electron chi connectivity index (χ3n) is 4.91. The Morgan fingerprint density at radius 1 is 0.957 bits per heavy atom. The van der Waals surface area contributed by atoms with Crippen LogP contribution in [0.4, 0.5) is 0 Å². The van der Waals surface area contributed by atoms with Crippen molar-refractivity contribution in [3.8, 4) is 5.75 Å². The summed E-state index contributed by atoms with van der Waals surface area (Å²) in [7, 11) is -0.985. The van der Waals surface area contributed by atoms with Crippen LogP contribution in [0, 0.1) is 0 Å². The van der Waals surface area contributed by atoms with Gasteiger partial charge in [0.15, 0.2) is 0 Å². The molecule has 0 bridgehead atoms. The van der Waals surface area contributed by atoms with Crippen LogP contribution >= 0.6 is 18.7 Å². The van der Waals surface area contributed by atoms with Gasteiger partial charge in [-0.15, -0.1) is 0 Å². The molecule has 0 aromatic heterocycles. The van der Waals surface area contributed by atoms with Crippen molar-refractivity contribution in [1.29, 1.82) is 0 Å². The molecule has 1 atom stereocenters. The van der Waals surface area contributed by atoms with Gasteiger partial charge in [-0.2, -0.15) is 0 Å². The van der Waals surface area contributed by atoms with Crippen molar-refractivity contribution in [1.82, 2.24) is 0 Å². The highest BCUT2D eigenvalue weighted by molar-refractivity contribution is 7.84. The van der Waals surface area contributed by atoms with Crippen LogP contribution in [-0.4, -0.2) is 0 Å². The van der Waals surface area contributed by atoms with E-state index < -0.39 is 7.50 Å². The maximum atomic E-state index is 6.65. The number of benzene rings is 1. The summed E-state index contributed by atoms with van der Waals surface area (Å²) in [5.41, 5.74) is 5.67. The molecule has 0 fully saturated rings. The summed E-state index contributed by atoms with van der Waals surface area (Å²) < 4.78 is 6.30. The largest absolute Gasteiger partial charge is 0.453 e. The van der Waals surface area contributed by atoms with Crippen molar-refractivity contribution in [3.05, 3.63) is 34.1 Å².